The Morgan fingerprint density at radius 3 is 2.64 bits per heavy atom. The third-order valence-corrected chi connectivity index (χ3v) is 6.33. The Labute approximate surface area is 133 Å². The van der Waals surface area contributed by atoms with Gasteiger partial charge < -0.3 is 4.74 Å². The summed E-state index contributed by atoms with van der Waals surface area (Å²) in [6, 6.07) is 0.0727. The van der Waals surface area contributed by atoms with Gasteiger partial charge in [0.2, 0.25) is 0 Å². The van der Waals surface area contributed by atoms with Gasteiger partial charge in [0.1, 0.15) is 5.75 Å². The van der Waals surface area contributed by atoms with Gasteiger partial charge in [-0.2, -0.15) is 0 Å². The summed E-state index contributed by atoms with van der Waals surface area (Å²) in [7, 11) is 0.648. The van der Waals surface area contributed by atoms with E-state index in [1.54, 1.807) is 7.11 Å². The molecule has 22 heavy (non-hydrogen) atoms. The smallest absolute Gasteiger partial charge is 0.151 e. The number of pyridine rings is 1. The van der Waals surface area contributed by atoms with E-state index >= 15 is 0 Å². The summed E-state index contributed by atoms with van der Waals surface area (Å²) in [5.74, 6) is 0.865. The molecular weight excluding hydrogens is 300 g/mol. The minimum atomic E-state index is -3.01. The lowest BCUT2D eigenvalue weighted by molar-refractivity contribution is 0.235. The zero-order valence-corrected chi connectivity index (χ0v) is 14.9. The quantitative estimate of drug-likeness (QED) is 0.829. The average molecular weight is 326 g/mol. The molecule has 124 valence electrons. The second-order valence-corrected chi connectivity index (χ2v) is 8.59. The molecule has 1 heterocycles. The van der Waals surface area contributed by atoms with Gasteiger partial charge in [-0.25, -0.2) is 8.42 Å². The molecule has 0 aliphatic heterocycles. The highest BCUT2D eigenvalue weighted by molar-refractivity contribution is 7.91. The fourth-order valence-corrected chi connectivity index (χ4v) is 5.00. The van der Waals surface area contributed by atoms with Crippen molar-refractivity contribution in [3.05, 3.63) is 23.0 Å². The van der Waals surface area contributed by atoms with Gasteiger partial charge >= 0.3 is 0 Å². The lowest BCUT2D eigenvalue weighted by Crippen LogP contribution is -2.41. The molecule has 1 aliphatic rings. The summed E-state index contributed by atoms with van der Waals surface area (Å²) in [4.78, 5) is 6.64. The third-order valence-electron chi connectivity index (χ3n) is 4.68. The fourth-order valence-electron chi connectivity index (χ4n) is 3.49. The second kappa shape index (κ2) is 6.54. The van der Waals surface area contributed by atoms with Crippen molar-refractivity contribution in [2.24, 2.45) is 0 Å². The number of hydrogen-bond donors (Lipinski definition) is 0. The van der Waals surface area contributed by atoms with Gasteiger partial charge in [-0.1, -0.05) is 6.42 Å². The molecule has 0 spiro atoms. The van der Waals surface area contributed by atoms with Crippen LogP contribution in [0.2, 0.25) is 0 Å². The number of nitrogens with zero attached hydrogens (tertiary/aromatic N) is 2. The van der Waals surface area contributed by atoms with E-state index in [9.17, 15) is 8.42 Å². The summed E-state index contributed by atoms with van der Waals surface area (Å²) >= 11 is 0. The number of methoxy groups -OCH3 is 1. The van der Waals surface area contributed by atoms with Crippen molar-refractivity contribution >= 4 is 9.84 Å². The standard InChI is InChI=1S/C16H26N2O3S/c1-11-9-17-13(12(2)16(11)21-4)10-18(3)14-7-6-8-15(14)22(5,19)20/h9,14-15H,6-8,10H2,1-5H3/t14-,15+/m1/s1. The maximum absolute atomic E-state index is 12.0. The Hall–Kier alpha value is -1.14. The van der Waals surface area contributed by atoms with Crippen molar-refractivity contribution in [3.63, 3.8) is 0 Å². The van der Waals surface area contributed by atoms with Crippen LogP contribution in [0.5, 0.6) is 5.75 Å². The molecule has 1 saturated carbocycles. The lowest BCUT2D eigenvalue weighted by Gasteiger charge is -2.29. The molecule has 0 aromatic carbocycles. The highest BCUT2D eigenvalue weighted by atomic mass is 32.2. The lowest BCUT2D eigenvalue weighted by atomic mass is 10.1. The van der Waals surface area contributed by atoms with Gasteiger partial charge in [-0.15, -0.1) is 0 Å². The van der Waals surface area contributed by atoms with Crippen molar-refractivity contribution in [1.82, 2.24) is 9.88 Å². The van der Waals surface area contributed by atoms with Crippen LogP contribution in [0.1, 0.15) is 36.1 Å². The zero-order valence-electron chi connectivity index (χ0n) is 14.1. The number of hydrogen-bond acceptors (Lipinski definition) is 5. The molecule has 0 radical (unpaired) electrons. The molecule has 1 fully saturated rings. The highest BCUT2D eigenvalue weighted by Crippen LogP contribution is 2.31. The van der Waals surface area contributed by atoms with Crippen LogP contribution in [0.15, 0.2) is 6.20 Å². The van der Waals surface area contributed by atoms with E-state index < -0.39 is 9.84 Å². The van der Waals surface area contributed by atoms with E-state index in [-0.39, 0.29) is 11.3 Å². The van der Waals surface area contributed by atoms with Crippen LogP contribution in [-0.4, -0.2) is 50.0 Å². The summed E-state index contributed by atoms with van der Waals surface area (Å²) in [6.45, 7) is 4.62. The van der Waals surface area contributed by atoms with Crippen LogP contribution in [0.25, 0.3) is 0 Å². The molecule has 0 amide bonds. The predicted octanol–water partition coefficient (Wildman–Crippen LogP) is 2.10. The molecule has 0 N–H and O–H groups in total. The first-order valence-corrected chi connectivity index (χ1v) is 9.59. The zero-order chi connectivity index (χ0) is 16.5. The van der Waals surface area contributed by atoms with Gasteiger partial charge in [0.05, 0.1) is 18.1 Å². The molecule has 2 rings (SSSR count). The number of ether oxygens (including phenoxy) is 1. The first kappa shape index (κ1) is 17.2. The number of aryl methyl sites for hydroxylation is 1. The molecule has 5 nitrogen and oxygen atoms in total. The maximum atomic E-state index is 12.0. The molecular formula is C16H26N2O3S. The second-order valence-electron chi connectivity index (χ2n) is 6.33. The monoisotopic (exact) mass is 326 g/mol. The van der Waals surface area contributed by atoms with Crippen LogP contribution in [-0.2, 0) is 16.4 Å². The van der Waals surface area contributed by atoms with Crippen LogP contribution < -0.4 is 4.74 Å². The number of aromatic nitrogens is 1. The fraction of sp³-hybridized carbons (Fsp3) is 0.688. The Morgan fingerprint density at radius 1 is 1.36 bits per heavy atom. The van der Waals surface area contributed by atoms with Crippen molar-refractivity contribution < 1.29 is 13.2 Å². The van der Waals surface area contributed by atoms with Crippen molar-refractivity contribution in [3.8, 4) is 5.75 Å². The third kappa shape index (κ3) is 3.43. The van der Waals surface area contributed by atoms with Gasteiger partial charge in [-0.3, -0.25) is 9.88 Å². The van der Waals surface area contributed by atoms with Gasteiger partial charge in [0.15, 0.2) is 9.84 Å². The SMILES string of the molecule is COc1c(C)cnc(CN(C)[C@@H]2CCC[C@@H]2S(C)(=O)=O)c1C. The Bertz CT molecular complexity index is 643. The van der Waals surface area contributed by atoms with Crippen molar-refractivity contribution in [2.75, 3.05) is 20.4 Å². The van der Waals surface area contributed by atoms with E-state index in [1.807, 2.05) is 27.1 Å². The summed E-state index contributed by atoms with van der Waals surface area (Å²) in [5, 5.41) is -0.259. The predicted molar refractivity (Wildman–Crippen MR) is 88.0 cm³/mol. The molecule has 0 unspecified atom stereocenters. The minimum absolute atomic E-state index is 0.0727. The molecule has 1 aliphatic carbocycles. The molecule has 0 bridgehead atoms. The molecule has 1 aromatic heterocycles. The first-order chi connectivity index (χ1) is 10.3. The summed E-state index contributed by atoms with van der Waals surface area (Å²) in [6.07, 6.45) is 5.82. The molecule has 0 saturated heterocycles. The highest BCUT2D eigenvalue weighted by Gasteiger charge is 2.37. The Balaban J connectivity index is 2.21. The first-order valence-electron chi connectivity index (χ1n) is 7.64. The largest absolute Gasteiger partial charge is 0.496 e. The van der Waals surface area contributed by atoms with Crippen LogP contribution in [0.4, 0.5) is 0 Å². The van der Waals surface area contributed by atoms with Crippen LogP contribution >= 0.6 is 0 Å². The van der Waals surface area contributed by atoms with E-state index in [2.05, 4.69) is 9.88 Å². The molecule has 6 heteroatoms. The van der Waals surface area contributed by atoms with E-state index in [4.69, 9.17) is 4.74 Å². The van der Waals surface area contributed by atoms with E-state index in [0.717, 1.165) is 41.8 Å². The van der Waals surface area contributed by atoms with E-state index in [1.165, 1.54) is 6.26 Å². The summed E-state index contributed by atoms with van der Waals surface area (Å²) < 4.78 is 29.3. The number of sulfone groups is 1. The van der Waals surface area contributed by atoms with Gasteiger partial charge in [-0.05, 0) is 33.7 Å². The average Bonchev–Trinajstić information content (AvgIpc) is 2.92. The summed E-state index contributed by atoms with van der Waals surface area (Å²) in [5.41, 5.74) is 2.99. The normalized spacial score (nSPS) is 22.3. The van der Waals surface area contributed by atoms with Crippen LogP contribution in [0, 0.1) is 13.8 Å². The van der Waals surface area contributed by atoms with Crippen molar-refractivity contribution in [1.29, 1.82) is 0 Å². The number of rotatable bonds is 5. The van der Waals surface area contributed by atoms with E-state index in [0.29, 0.717) is 6.54 Å². The van der Waals surface area contributed by atoms with Crippen molar-refractivity contribution in [2.45, 2.75) is 50.9 Å². The Morgan fingerprint density at radius 2 is 2.05 bits per heavy atom. The minimum Gasteiger partial charge on any atom is -0.496 e. The van der Waals surface area contributed by atoms with Crippen LogP contribution in [0.3, 0.4) is 0 Å². The Kier molecular flexibility index (Phi) is 5.12. The van der Waals surface area contributed by atoms with Gasteiger partial charge in [0.25, 0.3) is 0 Å². The molecule has 2 atom stereocenters. The molecule has 1 aromatic rings. The topological polar surface area (TPSA) is 59.5 Å². The van der Waals surface area contributed by atoms with Gasteiger partial charge in [0, 0.05) is 36.2 Å². The maximum Gasteiger partial charge on any atom is 0.151 e.